The van der Waals surface area contributed by atoms with Gasteiger partial charge < -0.3 is 14.6 Å². The van der Waals surface area contributed by atoms with Gasteiger partial charge in [-0.1, -0.05) is 13.8 Å². The summed E-state index contributed by atoms with van der Waals surface area (Å²) in [4.78, 5) is 21.9. The van der Waals surface area contributed by atoms with Crippen molar-refractivity contribution < 1.29 is 17.9 Å². The normalized spacial score (nSPS) is 12.8. The molecule has 1 unspecified atom stereocenters. The van der Waals surface area contributed by atoms with Gasteiger partial charge in [-0.25, -0.2) is 4.98 Å². The molecule has 0 fully saturated rings. The molecule has 2 aromatic heterocycles. The number of hydrogen-bond acceptors (Lipinski definition) is 6. The van der Waals surface area contributed by atoms with Gasteiger partial charge in [0.25, 0.3) is 5.91 Å². The van der Waals surface area contributed by atoms with Crippen LogP contribution in [0.3, 0.4) is 0 Å². The summed E-state index contributed by atoms with van der Waals surface area (Å²) in [5.41, 5.74) is 1.77. The molecule has 0 saturated carbocycles. The molecule has 0 spiro atoms. The van der Waals surface area contributed by atoms with Crippen LogP contribution in [-0.2, 0) is 23.7 Å². The molecular formula is C23H32N6O4S. The Morgan fingerprint density at radius 2 is 1.97 bits per heavy atom. The number of pyridine rings is 1. The average Bonchev–Trinajstić information content (AvgIpc) is 3.06. The minimum absolute atomic E-state index is 0.250. The van der Waals surface area contributed by atoms with Crippen molar-refractivity contribution in [2.75, 3.05) is 25.4 Å². The number of aryl methyl sites for hydroxylation is 1. The van der Waals surface area contributed by atoms with Gasteiger partial charge in [-0.05, 0) is 37.1 Å². The van der Waals surface area contributed by atoms with Crippen LogP contribution < -0.4 is 14.8 Å². The second-order valence-corrected chi connectivity index (χ2v) is 10.7. The standard InChI is InChI=1S/C23H32N6O4S/c1-15(2)10-21-26-20-12-17(27-34(31,32)28(4)5)11-19(22(20)29(21)6)23(30)25-13-16(3)33-18-8-7-9-24-14-18/h7-9,11-12,14-16,27H,10,13H2,1-6H3,(H,25,30). The maximum atomic E-state index is 13.2. The Labute approximate surface area is 200 Å². The van der Waals surface area contributed by atoms with Gasteiger partial charge in [-0.3, -0.25) is 14.5 Å². The number of rotatable bonds is 10. The number of carbonyl (C=O) groups is 1. The fourth-order valence-corrected chi connectivity index (χ4v) is 4.04. The van der Waals surface area contributed by atoms with Crippen LogP contribution >= 0.6 is 0 Å². The zero-order chi connectivity index (χ0) is 25.0. The van der Waals surface area contributed by atoms with E-state index in [1.165, 1.54) is 20.2 Å². The highest BCUT2D eigenvalue weighted by atomic mass is 32.2. The molecule has 1 aromatic carbocycles. The number of carbonyl (C=O) groups excluding carboxylic acids is 1. The lowest BCUT2D eigenvalue weighted by atomic mass is 10.1. The van der Waals surface area contributed by atoms with Crippen LogP contribution in [0.2, 0.25) is 0 Å². The van der Waals surface area contributed by atoms with E-state index in [4.69, 9.17) is 4.74 Å². The number of anilines is 1. The first-order chi connectivity index (χ1) is 16.0. The van der Waals surface area contributed by atoms with Crippen LogP contribution in [0.4, 0.5) is 5.69 Å². The first-order valence-electron chi connectivity index (χ1n) is 11.0. The molecule has 0 bridgehead atoms. The molecule has 0 saturated heterocycles. The molecule has 2 heterocycles. The monoisotopic (exact) mass is 488 g/mol. The lowest BCUT2D eigenvalue weighted by molar-refractivity contribution is 0.0933. The molecule has 1 amide bonds. The number of amides is 1. The molecule has 0 aliphatic heterocycles. The Hall–Kier alpha value is -3.18. The molecule has 0 aliphatic rings. The Morgan fingerprint density at radius 1 is 1.24 bits per heavy atom. The van der Waals surface area contributed by atoms with Crippen LogP contribution in [0.15, 0.2) is 36.7 Å². The zero-order valence-corrected chi connectivity index (χ0v) is 21.2. The van der Waals surface area contributed by atoms with E-state index in [9.17, 15) is 13.2 Å². The van der Waals surface area contributed by atoms with Gasteiger partial charge >= 0.3 is 10.2 Å². The molecule has 3 aromatic rings. The third-order valence-electron chi connectivity index (χ3n) is 5.15. The number of benzene rings is 1. The summed E-state index contributed by atoms with van der Waals surface area (Å²) in [5, 5.41) is 2.89. The SMILES string of the molecule is CC(C)Cc1nc2cc(NS(=O)(=O)N(C)C)cc(C(=O)NCC(C)Oc3cccnc3)c2n1C. The smallest absolute Gasteiger partial charge is 0.301 e. The number of fused-ring (bicyclic) bond motifs is 1. The van der Waals surface area contributed by atoms with Gasteiger partial charge in [0.1, 0.15) is 17.7 Å². The third kappa shape index (κ3) is 6.03. The van der Waals surface area contributed by atoms with Gasteiger partial charge in [0, 0.05) is 33.8 Å². The van der Waals surface area contributed by atoms with Crippen molar-refractivity contribution in [2.24, 2.45) is 13.0 Å². The molecule has 2 N–H and O–H groups in total. The predicted molar refractivity (Wildman–Crippen MR) is 132 cm³/mol. The lowest BCUT2D eigenvalue weighted by Gasteiger charge is -2.17. The summed E-state index contributed by atoms with van der Waals surface area (Å²) in [6.45, 7) is 6.27. The maximum Gasteiger partial charge on any atom is 0.301 e. The van der Waals surface area contributed by atoms with Crippen LogP contribution in [0.5, 0.6) is 5.75 Å². The number of hydrogen-bond donors (Lipinski definition) is 2. The fraction of sp³-hybridized carbons (Fsp3) is 0.435. The van der Waals surface area contributed by atoms with Crippen LogP contribution in [-0.4, -0.2) is 59.9 Å². The highest BCUT2D eigenvalue weighted by Crippen LogP contribution is 2.26. The first kappa shape index (κ1) is 25.4. The fourth-order valence-electron chi connectivity index (χ4n) is 3.44. The van der Waals surface area contributed by atoms with E-state index in [0.29, 0.717) is 28.3 Å². The molecule has 0 aliphatic carbocycles. The van der Waals surface area contributed by atoms with Crippen LogP contribution in [0, 0.1) is 5.92 Å². The first-order valence-corrected chi connectivity index (χ1v) is 12.5. The van der Waals surface area contributed by atoms with Gasteiger partial charge in [0.2, 0.25) is 0 Å². The molecule has 184 valence electrons. The van der Waals surface area contributed by atoms with Crippen molar-refractivity contribution >= 4 is 32.8 Å². The van der Waals surface area contributed by atoms with E-state index < -0.39 is 10.2 Å². The van der Waals surface area contributed by atoms with E-state index in [1.807, 2.05) is 18.5 Å². The number of nitrogens with one attached hydrogen (secondary N) is 2. The zero-order valence-electron chi connectivity index (χ0n) is 20.4. The van der Waals surface area contributed by atoms with Gasteiger partial charge in [-0.15, -0.1) is 0 Å². The van der Waals surface area contributed by atoms with Crippen molar-refractivity contribution in [3.05, 3.63) is 48.0 Å². The Kier molecular flexibility index (Phi) is 7.78. The number of imidazole rings is 1. The highest BCUT2D eigenvalue weighted by Gasteiger charge is 2.21. The number of ether oxygens (including phenoxy) is 1. The van der Waals surface area contributed by atoms with E-state index in [0.717, 1.165) is 16.6 Å². The predicted octanol–water partition coefficient (Wildman–Crippen LogP) is 2.58. The second kappa shape index (κ2) is 10.4. The van der Waals surface area contributed by atoms with Crippen LogP contribution in [0.1, 0.15) is 37.0 Å². The Bertz CT molecular complexity index is 1260. The van der Waals surface area contributed by atoms with E-state index in [-0.39, 0.29) is 24.2 Å². The summed E-state index contributed by atoms with van der Waals surface area (Å²) < 4.78 is 36.0. The minimum atomic E-state index is -3.75. The third-order valence-corrected chi connectivity index (χ3v) is 6.60. The largest absolute Gasteiger partial charge is 0.487 e. The molecule has 34 heavy (non-hydrogen) atoms. The van der Waals surface area contributed by atoms with Gasteiger partial charge in [0.15, 0.2) is 0 Å². The maximum absolute atomic E-state index is 13.2. The summed E-state index contributed by atoms with van der Waals surface area (Å²) in [5.74, 6) is 1.44. The topological polar surface area (TPSA) is 118 Å². The van der Waals surface area contributed by atoms with Gasteiger partial charge in [-0.2, -0.15) is 12.7 Å². The van der Waals surface area contributed by atoms with Crippen LogP contribution in [0.25, 0.3) is 11.0 Å². The highest BCUT2D eigenvalue weighted by molar-refractivity contribution is 7.90. The summed E-state index contributed by atoms with van der Waals surface area (Å²) in [6.07, 6.45) is 3.68. The van der Waals surface area contributed by atoms with Crippen molar-refractivity contribution in [1.29, 1.82) is 0 Å². The molecular weight excluding hydrogens is 456 g/mol. The molecule has 11 heteroatoms. The van der Waals surface area contributed by atoms with Crippen molar-refractivity contribution in [3.63, 3.8) is 0 Å². The summed E-state index contributed by atoms with van der Waals surface area (Å²) in [6, 6.07) is 6.74. The lowest BCUT2D eigenvalue weighted by Crippen LogP contribution is -2.34. The van der Waals surface area contributed by atoms with Gasteiger partial charge in [0.05, 0.1) is 35.0 Å². The minimum Gasteiger partial charge on any atom is -0.487 e. The molecule has 10 nitrogen and oxygen atoms in total. The summed E-state index contributed by atoms with van der Waals surface area (Å²) >= 11 is 0. The van der Waals surface area contributed by atoms with Crippen molar-refractivity contribution in [2.45, 2.75) is 33.3 Å². The average molecular weight is 489 g/mol. The molecule has 3 rings (SSSR count). The summed E-state index contributed by atoms with van der Waals surface area (Å²) in [7, 11) is 0.969. The van der Waals surface area contributed by atoms with Crippen molar-refractivity contribution in [3.8, 4) is 5.75 Å². The molecule has 0 radical (unpaired) electrons. The van der Waals surface area contributed by atoms with Crippen molar-refractivity contribution in [1.82, 2.24) is 24.2 Å². The second-order valence-electron chi connectivity index (χ2n) is 8.79. The Morgan fingerprint density at radius 3 is 2.59 bits per heavy atom. The molecule has 1 atom stereocenters. The quantitative estimate of drug-likeness (QED) is 0.453. The number of nitrogens with zero attached hydrogens (tertiary/aromatic N) is 4. The van der Waals surface area contributed by atoms with E-state index in [1.54, 1.807) is 30.6 Å². The number of aromatic nitrogens is 3. The van der Waals surface area contributed by atoms with E-state index in [2.05, 4.69) is 33.9 Å². The Balaban J connectivity index is 1.92. The van der Waals surface area contributed by atoms with E-state index >= 15 is 0 Å².